The lowest BCUT2D eigenvalue weighted by Crippen LogP contribution is -2.25. The summed E-state index contributed by atoms with van der Waals surface area (Å²) < 4.78 is 1.81. The van der Waals surface area contributed by atoms with Crippen LogP contribution in [-0.4, -0.2) is 16.1 Å². The van der Waals surface area contributed by atoms with Crippen molar-refractivity contribution >= 4 is 5.82 Å². The molecule has 4 nitrogen and oxygen atoms in total. The van der Waals surface area contributed by atoms with Crippen LogP contribution < -0.4 is 10.9 Å². The fourth-order valence-electron chi connectivity index (χ4n) is 1.87. The molecule has 1 N–H and O–H groups in total. The van der Waals surface area contributed by atoms with Gasteiger partial charge in [0, 0.05) is 25.0 Å². The quantitative estimate of drug-likeness (QED) is 0.839. The lowest BCUT2D eigenvalue weighted by molar-refractivity contribution is 0.606. The van der Waals surface area contributed by atoms with Crippen molar-refractivity contribution in [3.05, 3.63) is 22.7 Å². The van der Waals surface area contributed by atoms with Gasteiger partial charge in [-0.3, -0.25) is 4.79 Å². The maximum atomic E-state index is 12.0. The first-order valence-electron chi connectivity index (χ1n) is 5.99. The third-order valence-corrected chi connectivity index (χ3v) is 3.59. The molecule has 3 rings (SSSR count). The van der Waals surface area contributed by atoms with Crippen LogP contribution in [0, 0.1) is 5.41 Å². The van der Waals surface area contributed by atoms with Crippen LogP contribution in [-0.2, 0) is 0 Å². The average molecular weight is 219 g/mol. The zero-order valence-corrected chi connectivity index (χ0v) is 9.57. The van der Waals surface area contributed by atoms with Crippen LogP contribution in [0.1, 0.15) is 38.6 Å². The van der Waals surface area contributed by atoms with Gasteiger partial charge in [-0.1, -0.05) is 6.92 Å². The molecule has 4 heteroatoms. The molecule has 1 heterocycles. The summed E-state index contributed by atoms with van der Waals surface area (Å²) in [6, 6.07) is 0.424. The Kier molecular flexibility index (Phi) is 2.06. The van der Waals surface area contributed by atoms with Crippen molar-refractivity contribution in [3.8, 4) is 0 Å². The smallest absolute Gasteiger partial charge is 0.293 e. The Hall–Kier alpha value is -1.32. The second kappa shape index (κ2) is 3.34. The van der Waals surface area contributed by atoms with E-state index in [1.165, 1.54) is 12.8 Å². The van der Waals surface area contributed by atoms with Gasteiger partial charge < -0.3 is 9.88 Å². The van der Waals surface area contributed by atoms with Gasteiger partial charge in [0.25, 0.3) is 5.56 Å². The van der Waals surface area contributed by atoms with Gasteiger partial charge in [-0.15, -0.1) is 0 Å². The molecule has 0 saturated heterocycles. The Bertz CT molecular complexity index is 458. The molecular weight excluding hydrogens is 202 g/mol. The minimum Gasteiger partial charge on any atom is -0.365 e. The number of anilines is 1. The normalized spacial score (nSPS) is 21.8. The van der Waals surface area contributed by atoms with Gasteiger partial charge >= 0.3 is 0 Å². The Labute approximate surface area is 94.7 Å². The number of nitrogens with zero attached hydrogens (tertiary/aromatic N) is 2. The third kappa shape index (κ3) is 1.84. The van der Waals surface area contributed by atoms with Crippen LogP contribution in [0.5, 0.6) is 0 Å². The molecule has 2 fully saturated rings. The van der Waals surface area contributed by atoms with E-state index in [1.54, 1.807) is 12.4 Å². The van der Waals surface area contributed by atoms with Crippen LogP contribution in [0.4, 0.5) is 5.82 Å². The molecule has 0 unspecified atom stereocenters. The monoisotopic (exact) mass is 219 g/mol. The number of nitrogens with one attached hydrogen (secondary N) is 1. The third-order valence-electron chi connectivity index (χ3n) is 3.59. The molecule has 0 atom stereocenters. The summed E-state index contributed by atoms with van der Waals surface area (Å²) in [5.74, 6) is 0.516. The fourth-order valence-corrected chi connectivity index (χ4v) is 1.87. The summed E-state index contributed by atoms with van der Waals surface area (Å²) >= 11 is 0. The van der Waals surface area contributed by atoms with Crippen LogP contribution in [0.2, 0.25) is 0 Å². The van der Waals surface area contributed by atoms with Crippen molar-refractivity contribution in [1.82, 2.24) is 9.55 Å². The fraction of sp³-hybridized carbons (Fsp3) is 0.667. The van der Waals surface area contributed by atoms with E-state index in [2.05, 4.69) is 17.2 Å². The van der Waals surface area contributed by atoms with Gasteiger partial charge in [0.05, 0.1) is 0 Å². The number of aromatic nitrogens is 2. The van der Waals surface area contributed by atoms with Crippen LogP contribution in [0.25, 0.3) is 0 Å². The first kappa shape index (κ1) is 9.87. The number of rotatable bonds is 4. The molecule has 2 aliphatic carbocycles. The molecule has 0 aliphatic heterocycles. The summed E-state index contributed by atoms with van der Waals surface area (Å²) in [5, 5.41) is 3.19. The SMILES string of the molecule is CC1(CNc2nccn(C3CC3)c2=O)CC1. The van der Waals surface area contributed by atoms with E-state index in [4.69, 9.17) is 0 Å². The molecule has 0 aromatic carbocycles. The highest BCUT2D eigenvalue weighted by atomic mass is 16.1. The highest BCUT2D eigenvalue weighted by Gasteiger charge is 2.37. The summed E-state index contributed by atoms with van der Waals surface area (Å²) in [5.41, 5.74) is 0.434. The summed E-state index contributed by atoms with van der Waals surface area (Å²) in [6.45, 7) is 3.10. The van der Waals surface area contributed by atoms with Crippen LogP contribution >= 0.6 is 0 Å². The maximum absolute atomic E-state index is 12.0. The highest BCUT2D eigenvalue weighted by molar-refractivity contribution is 5.32. The summed E-state index contributed by atoms with van der Waals surface area (Å²) in [7, 11) is 0. The zero-order chi connectivity index (χ0) is 11.2. The second-order valence-electron chi connectivity index (χ2n) is 5.38. The minimum atomic E-state index is 0.0363. The number of hydrogen-bond donors (Lipinski definition) is 1. The molecule has 0 amide bonds. The summed E-state index contributed by atoms with van der Waals surface area (Å²) in [6.07, 6.45) is 8.27. The Morgan fingerprint density at radius 2 is 2.31 bits per heavy atom. The van der Waals surface area contributed by atoms with E-state index in [9.17, 15) is 4.79 Å². The molecule has 86 valence electrons. The molecular formula is C12H17N3O. The Balaban J connectivity index is 1.78. The van der Waals surface area contributed by atoms with Gasteiger partial charge in [-0.05, 0) is 31.1 Å². The van der Waals surface area contributed by atoms with Crippen molar-refractivity contribution < 1.29 is 0 Å². The number of hydrogen-bond acceptors (Lipinski definition) is 3. The van der Waals surface area contributed by atoms with Crippen molar-refractivity contribution in [1.29, 1.82) is 0 Å². The zero-order valence-electron chi connectivity index (χ0n) is 9.57. The van der Waals surface area contributed by atoms with E-state index in [-0.39, 0.29) is 5.56 Å². The van der Waals surface area contributed by atoms with Gasteiger partial charge in [-0.25, -0.2) is 4.98 Å². The highest BCUT2D eigenvalue weighted by Crippen LogP contribution is 2.44. The van der Waals surface area contributed by atoms with Gasteiger partial charge in [0.1, 0.15) is 0 Å². The van der Waals surface area contributed by atoms with Crippen molar-refractivity contribution in [2.24, 2.45) is 5.41 Å². The predicted molar refractivity (Wildman–Crippen MR) is 62.6 cm³/mol. The second-order valence-corrected chi connectivity index (χ2v) is 5.38. The molecule has 0 spiro atoms. The van der Waals surface area contributed by atoms with Crippen molar-refractivity contribution in [2.75, 3.05) is 11.9 Å². The van der Waals surface area contributed by atoms with Gasteiger partial charge in [-0.2, -0.15) is 0 Å². The minimum absolute atomic E-state index is 0.0363. The topological polar surface area (TPSA) is 46.9 Å². The standard InChI is InChI=1S/C12H17N3O/c1-12(4-5-12)8-14-10-11(16)15(7-6-13-10)9-2-3-9/h6-7,9H,2-5,8H2,1H3,(H,13,14). The van der Waals surface area contributed by atoms with Gasteiger partial charge in [0.2, 0.25) is 0 Å². The lowest BCUT2D eigenvalue weighted by Gasteiger charge is -2.11. The van der Waals surface area contributed by atoms with E-state index in [0.29, 0.717) is 17.3 Å². The van der Waals surface area contributed by atoms with Crippen molar-refractivity contribution in [3.63, 3.8) is 0 Å². The molecule has 1 aromatic heterocycles. The molecule has 0 bridgehead atoms. The van der Waals surface area contributed by atoms with E-state index >= 15 is 0 Å². The average Bonchev–Trinajstić information content (AvgIpc) is 3.14. The molecule has 2 saturated carbocycles. The van der Waals surface area contributed by atoms with E-state index in [0.717, 1.165) is 19.4 Å². The van der Waals surface area contributed by atoms with Crippen molar-refractivity contribution in [2.45, 2.75) is 38.6 Å². The first-order chi connectivity index (χ1) is 7.68. The Morgan fingerprint density at radius 3 is 2.94 bits per heavy atom. The largest absolute Gasteiger partial charge is 0.365 e. The van der Waals surface area contributed by atoms with E-state index in [1.807, 2.05) is 4.57 Å². The molecule has 0 radical (unpaired) electrons. The first-order valence-corrected chi connectivity index (χ1v) is 5.99. The van der Waals surface area contributed by atoms with Crippen LogP contribution in [0.15, 0.2) is 17.2 Å². The van der Waals surface area contributed by atoms with Crippen LogP contribution in [0.3, 0.4) is 0 Å². The summed E-state index contributed by atoms with van der Waals surface area (Å²) in [4.78, 5) is 16.2. The van der Waals surface area contributed by atoms with E-state index < -0.39 is 0 Å². The Morgan fingerprint density at radius 1 is 1.56 bits per heavy atom. The molecule has 1 aromatic rings. The van der Waals surface area contributed by atoms with Gasteiger partial charge in [0.15, 0.2) is 5.82 Å². The predicted octanol–water partition coefficient (Wildman–Crippen LogP) is 1.79. The molecule has 2 aliphatic rings. The maximum Gasteiger partial charge on any atom is 0.293 e. The lowest BCUT2D eigenvalue weighted by atomic mass is 10.1. The molecule has 16 heavy (non-hydrogen) atoms.